The Morgan fingerprint density at radius 3 is 1.68 bits per heavy atom. The topological polar surface area (TPSA) is 43.7 Å². The summed E-state index contributed by atoms with van der Waals surface area (Å²) in [4.78, 5) is 2.20. The first kappa shape index (κ1) is 17.2. The fourth-order valence-corrected chi connectivity index (χ4v) is 3.17. The Morgan fingerprint density at radius 1 is 0.600 bits per heavy atom. The van der Waals surface area contributed by atoms with Crippen molar-refractivity contribution in [3.63, 3.8) is 0 Å². The molecule has 128 valence electrons. The van der Waals surface area contributed by atoms with Gasteiger partial charge in [-0.2, -0.15) is 0 Å². The van der Waals surface area contributed by atoms with Crippen LogP contribution in [0.3, 0.4) is 0 Å². The minimum Gasteiger partial charge on any atom is -0.396 e. The zero-order chi connectivity index (χ0) is 17.5. The van der Waals surface area contributed by atoms with Crippen LogP contribution in [-0.4, -0.2) is 23.4 Å². The molecular weight excluding hydrogens is 310 g/mol. The highest BCUT2D eigenvalue weighted by atomic mass is 16.3. The van der Waals surface area contributed by atoms with Gasteiger partial charge in [-0.05, 0) is 54.3 Å². The van der Waals surface area contributed by atoms with Gasteiger partial charge in [-0.3, -0.25) is 0 Å². The molecule has 3 heteroatoms. The molecule has 0 fully saturated rings. The Balaban J connectivity index is 2.18. The van der Waals surface area contributed by atoms with E-state index in [0.29, 0.717) is 12.8 Å². The lowest BCUT2D eigenvalue weighted by atomic mass is 9.98. The monoisotopic (exact) mass is 333 g/mol. The van der Waals surface area contributed by atoms with Crippen LogP contribution in [0.25, 0.3) is 0 Å². The summed E-state index contributed by atoms with van der Waals surface area (Å²) in [5.41, 5.74) is 5.32. The average molecular weight is 333 g/mol. The van der Waals surface area contributed by atoms with Crippen LogP contribution in [-0.2, 0) is 12.8 Å². The lowest BCUT2D eigenvalue weighted by Gasteiger charge is -2.28. The molecule has 0 spiro atoms. The van der Waals surface area contributed by atoms with Crippen LogP contribution in [0.4, 0.5) is 17.1 Å². The molecular formula is C22H23NO2. The molecule has 3 aromatic rings. The third-order valence-corrected chi connectivity index (χ3v) is 4.26. The molecule has 0 aromatic heterocycles. The Kier molecular flexibility index (Phi) is 5.83. The van der Waals surface area contributed by atoms with Crippen molar-refractivity contribution in [2.75, 3.05) is 18.1 Å². The SMILES string of the molecule is OCCc1cccc(N(c2ccccc2)c2ccccc2)c1CCO. The second kappa shape index (κ2) is 8.47. The first-order chi connectivity index (χ1) is 12.3. The van der Waals surface area contributed by atoms with E-state index in [1.165, 1.54) is 0 Å². The molecule has 3 nitrogen and oxygen atoms in total. The standard InChI is InChI=1S/C22H23NO2/c24-16-14-18-8-7-13-22(21(18)15-17-25)23(19-9-3-1-4-10-19)20-11-5-2-6-12-20/h1-13,24-25H,14-17H2. The van der Waals surface area contributed by atoms with Gasteiger partial charge in [-0.15, -0.1) is 0 Å². The van der Waals surface area contributed by atoms with Crippen LogP contribution in [0, 0.1) is 0 Å². The van der Waals surface area contributed by atoms with Crippen LogP contribution in [0.5, 0.6) is 0 Å². The summed E-state index contributed by atoms with van der Waals surface area (Å²) in [6, 6.07) is 26.5. The highest BCUT2D eigenvalue weighted by Crippen LogP contribution is 2.37. The number of para-hydroxylation sites is 2. The number of aliphatic hydroxyl groups excluding tert-OH is 2. The molecule has 25 heavy (non-hydrogen) atoms. The van der Waals surface area contributed by atoms with E-state index in [-0.39, 0.29) is 13.2 Å². The van der Waals surface area contributed by atoms with Crippen molar-refractivity contribution in [3.05, 3.63) is 90.0 Å². The highest BCUT2D eigenvalue weighted by molar-refractivity contribution is 5.79. The maximum absolute atomic E-state index is 9.58. The summed E-state index contributed by atoms with van der Waals surface area (Å²) in [7, 11) is 0. The normalized spacial score (nSPS) is 10.6. The lowest BCUT2D eigenvalue weighted by Crippen LogP contribution is -2.14. The fraction of sp³-hybridized carbons (Fsp3) is 0.182. The van der Waals surface area contributed by atoms with E-state index in [1.54, 1.807) is 0 Å². The van der Waals surface area contributed by atoms with Gasteiger partial charge in [0.1, 0.15) is 0 Å². The molecule has 0 radical (unpaired) electrons. The summed E-state index contributed by atoms with van der Waals surface area (Å²) in [5.74, 6) is 0. The van der Waals surface area contributed by atoms with Gasteiger partial charge in [-0.25, -0.2) is 0 Å². The molecule has 3 rings (SSSR count). The second-order valence-corrected chi connectivity index (χ2v) is 5.87. The maximum Gasteiger partial charge on any atom is 0.0497 e. The first-order valence-corrected chi connectivity index (χ1v) is 8.58. The number of hydrogen-bond donors (Lipinski definition) is 2. The van der Waals surface area contributed by atoms with Crippen LogP contribution >= 0.6 is 0 Å². The van der Waals surface area contributed by atoms with E-state index in [1.807, 2.05) is 48.5 Å². The van der Waals surface area contributed by atoms with Crippen molar-refractivity contribution in [1.29, 1.82) is 0 Å². The Labute approximate surface area is 148 Å². The molecule has 0 bridgehead atoms. The van der Waals surface area contributed by atoms with Crippen molar-refractivity contribution >= 4 is 17.1 Å². The van der Waals surface area contributed by atoms with E-state index in [2.05, 4.69) is 35.2 Å². The molecule has 0 aliphatic carbocycles. The van der Waals surface area contributed by atoms with Crippen molar-refractivity contribution < 1.29 is 10.2 Å². The van der Waals surface area contributed by atoms with Gasteiger partial charge in [0.15, 0.2) is 0 Å². The number of hydrogen-bond acceptors (Lipinski definition) is 3. The second-order valence-electron chi connectivity index (χ2n) is 5.87. The number of rotatable bonds is 7. The van der Waals surface area contributed by atoms with Crippen molar-refractivity contribution in [2.45, 2.75) is 12.8 Å². The molecule has 3 aromatic carbocycles. The summed E-state index contributed by atoms with van der Waals surface area (Å²) in [6.07, 6.45) is 1.14. The van der Waals surface area contributed by atoms with Crippen LogP contribution in [0.15, 0.2) is 78.9 Å². The summed E-state index contributed by atoms with van der Waals surface area (Å²) in [5, 5.41) is 19.0. The molecule has 0 unspecified atom stereocenters. The van der Waals surface area contributed by atoms with Gasteiger partial charge in [0.25, 0.3) is 0 Å². The predicted molar refractivity (Wildman–Crippen MR) is 103 cm³/mol. The van der Waals surface area contributed by atoms with E-state index in [9.17, 15) is 10.2 Å². The van der Waals surface area contributed by atoms with Gasteiger partial charge in [0.05, 0.1) is 0 Å². The maximum atomic E-state index is 9.58. The third kappa shape index (κ3) is 3.90. The number of benzene rings is 3. The fourth-order valence-electron chi connectivity index (χ4n) is 3.17. The molecule has 0 aliphatic rings. The highest BCUT2D eigenvalue weighted by Gasteiger charge is 2.17. The molecule has 0 atom stereocenters. The van der Waals surface area contributed by atoms with Crippen LogP contribution in [0.1, 0.15) is 11.1 Å². The number of aliphatic hydroxyl groups is 2. The Morgan fingerprint density at radius 2 is 1.16 bits per heavy atom. The first-order valence-electron chi connectivity index (χ1n) is 8.58. The minimum atomic E-state index is 0.0763. The Hall–Kier alpha value is -2.62. The Bertz CT molecular complexity index is 748. The molecule has 0 saturated heterocycles. The molecule has 0 aliphatic heterocycles. The van der Waals surface area contributed by atoms with Gasteiger partial charge < -0.3 is 15.1 Å². The predicted octanol–water partition coefficient (Wildman–Crippen LogP) is 4.23. The van der Waals surface area contributed by atoms with Crippen molar-refractivity contribution in [2.24, 2.45) is 0 Å². The van der Waals surface area contributed by atoms with Gasteiger partial charge in [-0.1, -0.05) is 48.5 Å². The summed E-state index contributed by atoms with van der Waals surface area (Å²) >= 11 is 0. The lowest BCUT2D eigenvalue weighted by molar-refractivity contribution is 0.293. The van der Waals surface area contributed by atoms with E-state index in [0.717, 1.165) is 28.2 Å². The largest absolute Gasteiger partial charge is 0.396 e. The zero-order valence-corrected chi connectivity index (χ0v) is 14.2. The molecule has 0 heterocycles. The van der Waals surface area contributed by atoms with Crippen molar-refractivity contribution in [1.82, 2.24) is 0 Å². The average Bonchev–Trinajstić information content (AvgIpc) is 2.66. The third-order valence-electron chi connectivity index (χ3n) is 4.26. The van der Waals surface area contributed by atoms with Crippen molar-refractivity contribution in [3.8, 4) is 0 Å². The summed E-state index contributed by atoms with van der Waals surface area (Å²) in [6.45, 7) is 0.172. The zero-order valence-electron chi connectivity index (χ0n) is 14.2. The van der Waals surface area contributed by atoms with Gasteiger partial charge in [0, 0.05) is 30.3 Å². The van der Waals surface area contributed by atoms with Crippen LogP contribution in [0.2, 0.25) is 0 Å². The van der Waals surface area contributed by atoms with Crippen LogP contribution < -0.4 is 4.90 Å². The molecule has 0 amide bonds. The quantitative estimate of drug-likeness (QED) is 0.680. The minimum absolute atomic E-state index is 0.0763. The smallest absolute Gasteiger partial charge is 0.0497 e. The van der Waals surface area contributed by atoms with E-state index < -0.39 is 0 Å². The van der Waals surface area contributed by atoms with E-state index in [4.69, 9.17) is 0 Å². The van der Waals surface area contributed by atoms with Gasteiger partial charge in [0.2, 0.25) is 0 Å². The van der Waals surface area contributed by atoms with Gasteiger partial charge >= 0.3 is 0 Å². The number of nitrogens with zero attached hydrogens (tertiary/aromatic N) is 1. The summed E-state index contributed by atoms with van der Waals surface area (Å²) < 4.78 is 0. The molecule has 0 saturated carbocycles. The van der Waals surface area contributed by atoms with E-state index >= 15 is 0 Å². The number of anilines is 3. The molecule has 2 N–H and O–H groups in total.